The zero-order chi connectivity index (χ0) is 17.9. The van der Waals surface area contributed by atoms with E-state index in [9.17, 15) is 4.39 Å². The lowest BCUT2D eigenvalue weighted by atomic mass is 9.92. The van der Waals surface area contributed by atoms with E-state index in [-0.39, 0.29) is 5.82 Å². The van der Waals surface area contributed by atoms with E-state index in [4.69, 9.17) is 11.6 Å². The molecule has 0 unspecified atom stereocenters. The number of halogens is 2. The summed E-state index contributed by atoms with van der Waals surface area (Å²) in [4.78, 5) is 0. The fraction of sp³-hybridized carbons (Fsp3) is 0. The summed E-state index contributed by atoms with van der Waals surface area (Å²) in [5.74, 6) is -0.246. The van der Waals surface area contributed by atoms with Crippen LogP contribution in [0.2, 0.25) is 5.02 Å². The van der Waals surface area contributed by atoms with E-state index >= 15 is 0 Å². The van der Waals surface area contributed by atoms with E-state index in [2.05, 4.69) is 0 Å². The van der Waals surface area contributed by atoms with Gasteiger partial charge in [0, 0.05) is 16.1 Å². The zero-order valence-corrected chi connectivity index (χ0v) is 14.7. The van der Waals surface area contributed by atoms with Gasteiger partial charge in [0.2, 0.25) is 0 Å². The van der Waals surface area contributed by atoms with Gasteiger partial charge in [-0.2, -0.15) is 0 Å². The molecule has 0 nitrogen and oxygen atoms in total. The molecular formula is C24H16ClF. The van der Waals surface area contributed by atoms with Crippen molar-refractivity contribution in [3.8, 4) is 33.4 Å². The van der Waals surface area contributed by atoms with Crippen molar-refractivity contribution in [1.82, 2.24) is 0 Å². The third-order valence-corrected chi connectivity index (χ3v) is 4.78. The minimum Gasteiger partial charge on any atom is -0.206 e. The van der Waals surface area contributed by atoms with E-state index in [1.807, 2.05) is 91.0 Å². The monoisotopic (exact) mass is 358 g/mol. The van der Waals surface area contributed by atoms with E-state index in [1.54, 1.807) is 0 Å². The maximum absolute atomic E-state index is 14.7. The first-order valence-corrected chi connectivity index (χ1v) is 8.81. The molecule has 0 N–H and O–H groups in total. The van der Waals surface area contributed by atoms with Crippen LogP contribution in [0.4, 0.5) is 4.39 Å². The molecule has 0 atom stereocenters. The van der Waals surface area contributed by atoms with Crippen LogP contribution in [-0.2, 0) is 0 Å². The minimum absolute atomic E-state index is 0.246. The molecule has 0 bridgehead atoms. The summed E-state index contributed by atoms with van der Waals surface area (Å²) in [7, 11) is 0. The molecule has 0 amide bonds. The van der Waals surface area contributed by atoms with Gasteiger partial charge < -0.3 is 0 Å². The van der Waals surface area contributed by atoms with Crippen LogP contribution in [0.3, 0.4) is 0 Å². The minimum atomic E-state index is -0.246. The van der Waals surface area contributed by atoms with Gasteiger partial charge >= 0.3 is 0 Å². The second-order valence-corrected chi connectivity index (χ2v) is 6.49. The van der Waals surface area contributed by atoms with Gasteiger partial charge in [-0.15, -0.1) is 0 Å². The predicted molar refractivity (Wildman–Crippen MR) is 108 cm³/mol. The lowest BCUT2D eigenvalue weighted by Crippen LogP contribution is -1.90. The van der Waals surface area contributed by atoms with Crippen molar-refractivity contribution in [1.29, 1.82) is 0 Å². The molecule has 0 heterocycles. The van der Waals surface area contributed by atoms with E-state index < -0.39 is 0 Å². The molecule has 126 valence electrons. The summed E-state index contributed by atoms with van der Waals surface area (Å²) in [5, 5.41) is 0.652. The summed E-state index contributed by atoms with van der Waals surface area (Å²) >= 11 is 6.39. The van der Waals surface area contributed by atoms with Crippen LogP contribution < -0.4 is 0 Å². The van der Waals surface area contributed by atoms with Crippen molar-refractivity contribution < 1.29 is 4.39 Å². The van der Waals surface area contributed by atoms with Crippen LogP contribution in [0, 0.1) is 5.82 Å². The van der Waals surface area contributed by atoms with Crippen LogP contribution in [0.1, 0.15) is 0 Å². The first-order valence-electron chi connectivity index (χ1n) is 8.43. The third-order valence-electron chi connectivity index (χ3n) is 4.45. The quantitative estimate of drug-likeness (QED) is 0.356. The molecule has 0 aliphatic carbocycles. The molecular weight excluding hydrogens is 343 g/mol. The Hall–Kier alpha value is -2.90. The highest BCUT2D eigenvalue weighted by atomic mass is 35.5. The molecule has 2 heteroatoms. The topological polar surface area (TPSA) is 0 Å². The van der Waals surface area contributed by atoms with Crippen LogP contribution in [0.5, 0.6) is 0 Å². The normalized spacial score (nSPS) is 10.7. The highest BCUT2D eigenvalue weighted by molar-refractivity contribution is 6.33. The third kappa shape index (κ3) is 3.14. The van der Waals surface area contributed by atoms with Crippen molar-refractivity contribution >= 4 is 11.6 Å². The summed E-state index contributed by atoms with van der Waals surface area (Å²) in [6, 6.07) is 30.7. The Morgan fingerprint density at radius 2 is 1.08 bits per heavy atom. The van der Waals surface area contributed by atoms with Gasteiger partial charge in [0.25, 0.3) is 0 Å². The van der Waals surface area contributed by atoms with Crippen molar-refractivity contribution in [2.75, 3.05) is 0 Å². The second kappa shape index (κ2) is 7.15. The fourth-order valence-corrected chi connectivity index (χ4v) is 3.41. The number of hydrogen-bond donors (Lipinski definition) is 0. The molecule has 0 aliphatic rings. The summed E-state index contributed by atoms with van der Waals surface area (Å²) in [6.45, 7) is 0. The Labute approximate surface area is 157 Å². The first-order chi connectivity index (χ1) is 12.7. The first kappa shape index (κ1) is 16.6. The van der Waals surface area contributed by atoms with Crippen LogP contribution in [0.25, 0.3) is 33.4 Å². The maximum atomic E-state index is 14.7. The van der Waals surface area contributed by atoms with Gasteiger partial charge in [-0.3, -0.25) is 0 Å². The lowest BCUT2D eigenvalue weighted by molar-refractivity contribution is 0.631. The molecule has 4 aromatic carbocycles. The van der Waals surface area contributed by atoms with Crippen LogP contribution in [0.15, 0.2) is 97.1 Å². The average molecular weight is 359 g/mol. The van der Waals surface area contributed by atoms with Gasteiger partial charge in [-0.1, -0.05) is 90.5 Å². The van der Waals surface area contributed by atoms with Crippen molar-refractivity contribution in [2.24, 2.45) is 0 Å². The van der Waals surface area contributed by atoms with Gasteiger partial charge in [-0.25, -0.2) is 4.39 Å². The van der Waals surface area contributed by atoms with E-state index in [1.165, 1.54) is 6.07 Å². The largest absolute Gasteiger partial charge is 0.206 e. The Balaban J connectivity index is 1.91. The lowest BCUT2D eigenvalue weighted by Gasteiger charge is -2.13. The van der Waals surface area contributed by atoms with Crippen molar-refractivity contribution in [2.45, 2.75) is 0 Å². The van der Waals surface area contributed by atoms with Crippen LogP contribution >= 0.6 is 11.6 Å². The molecule has 0 saturated heterocycles. The summed E-state index contributed by atoms with van der Waals surface area (Å²) in [6.07, 6.45) is 0. The fourth-order valence-electron chi connectivity index (χ4n) is 3.17. The Morgan fingerprint density at radius 3 is 1.77 bits per heavy atom. The number of rotatable bonds is 3. The Bertz CT molecular complexity index is 1050. The molecule has 0 spiro atoms. The highest BCUT2D eigenvalue weighted by Gasteiger charge is 2.14. The predicted octanol–water partition coefficient (Wildman–Crippen LogP) is 7.48. The van der Waals surface area contributed by atoms with Crippen molar-refractivity contribution in [3.63, 3.8) is 0 Å². The van der Waals surface area contributed by atoms with Gasteiger partial charge in [0.1, 0.15) is 5.82 Å². The molecule has 0 aromatic heterocycles. The Kier molecular flexibility index (Phi) is 4.55. The number of benzene rings is 4. The molecule has 4 aromatic rings. The van der Waals surface area contributed by atoms with Gasteiger partial charge in [0.05, 0.1) is 0 Å². The number of hydrogen-bond acceptors (Lipinski definition) is 0. The van der Waals surface area contributed by atoms with Gasteiger partial charge in [-0.05, 0) is 40.5 Å². The van der Waals surface area contributed by atoms with E-state index in [0.717, 1.165) is 27.8 Å². The maximum Gasteiger partial charge on any atom is 0.131 e. The molecule has 0 saturated carbocycles. The zero-order valence-electron chi connectivity index (χ0n) is 14.0. The SMILES string of the molecule is Fc1ccc(-c2ccccc2)cc1-c1ccccc1-c1ccccc1Cl. The van der Waals surface area contributed by atoms with Gasteiger partial charge in [0.15, 0.2) is 0 Å². The summed E-state index contributed by atoms with van der Waals surface area (Å²) in [5.41, 5.74) is 5.26. The smallest absolute Gasteiger partial charge is 0.131 e. The molecule has 0 fully saturated rings. The van der Waals surface area contributed by atoms with Crippen molar-refractivity contribution in [3.05, 3.63) is 108 Å². The van der Waals surface area contributed by atoms with E-state index in [0.29, 0.717) is 10.6 Å². The molecule has 26 heavy (non-hydrogen) atoms. The standard InChI is InChI=1S/C24H16ClF/c25-23-13-7-6-12-21(23)19-10-4-5-11-20(19)22-16-18(14-15-24(22)26)17-8-2-1-3-9-17/h1-16H. The second-order valence-electron chi connectivity index (χ2n) is 6.09. The average Bonchev–Trinajstić information content (AvgIpc) is 2.70. The molecule has 0 radical (unpaired) electrons. The highest BCUT2D eigenvalue weighted by Crippen LogP contribution is 2.38. The molecule has 0 aliphatic heterocycles. The van der Waals surface area contributed by atoms with Crippen LogP contribution in [-0.4, -0.2) is 0 Å². The summed E-state index contributed by atoms with van der Waals surface area (Å²) < 4.78 is 14.7. The Morgan fingerprint density at radius 1 is 0.500 bits per heavy atom. The molecule has 4 rings (SSSR count).